The smallest absolute Gasteiger partial charge is 0.338 e. The van der Waals surface area contributed by atoms with Gasteiger partial charge in [-0.25, -0.2) is 9.18 Å². The van der Waals surface area contributed by atoms with Gasteiger partial charge in [0.25, 0.3) is 11.6 Å². The Morgan fingerprint density at radius 2 is 1.71 bits per heavy atom. The highest BCUT2D eigenvalue weighted by atomic mass is 19.1. The van der Waals surface area contributed by atoms with Gasteiger partial charge in [0.1, 0.15) is 11.4 Å². The molecule has 0 atom stereocenters. The van der Waals surface area contributed by atoms with Crippen LogP contribution in [0.1, 0.15) is 10.4 Å². The number of nitrogens with zero attached hydrogens (tertiary/aromatic N) is 1. The van der Waals surface area contributed by atoms with Gasteiger partial charge in [0.2, 0.25) is 0 Å². The zero-order valence-corrected chi connectivity index (χ0v) is 15.8. The first-order chi connectivity index (χ1) is 14.9. The predicted octanol–water partition coefficient (Wildman–Crippen LogP) is 4.84. The molecule has 9 heteroatoms. The summed E-state index contributed by atoms with van der Waals surface area (Å²) in [6.07, 6.45) is 0. The van der Waals surface area contributed by atoms with Crippen LogP contribution in [0.3, 0.4) is 0 Å². The van der Waals surface area contributed by atoms with E-state index < -0.39 is 22.3 Å². The van der Waals surface area contributed by atoms with Crippen LogP contribution < -0.4 is 16.3 Å². The van der Waals surface area contributed by atoms with Crippen molar-refractivity contribution < 1.29 is 18.5 Å². The molecule has 0 aliphatic rings. The molecule has 4 rings (SSSR count). The average molecular weight is 419 g/mol. The number of rotatable bonds is 5. The first-order valence-electron chi connectivity index (χ1n) is 9.05. The summed E-state index contributed by atoms with van der Waals surface area (Å²) in [6, 6.07) is 17.0. The third-order valence-electron chi connectivity index (χ3n) is 4.45. The molecule has 1 amide bonds. The summed E-state index contributed by atoms with van der Waals surface area (Å²) >= 11 is 0. The van der Waals surface area contributed by atoms with E-state index in [0.717, 1.165) is 6.07 Å². The topological polar surface area (TPSA) is 114 Å². The highest BCUT2D eigenvalue weighted by molar-refractivity contribution is 6.04. The SMILES string of the molecule is O=C(Nc1ccc(Nc2cc(=O)oc3ccc([N+](=O)[O-])cc23)cc1)c1cccc(F)c1. The number of halogens is 1. The molecular formula is C22H14FN3O5. The Balaban J connectivity index is 1.57. The summed E-state index contributed by atoms with van der Waals surface area (Å²) in [5, 5.41) is 17.1. The minimum atomic E-state index is -0.608. The maximum Gasteiger partial charge on any atom is 0.338 e. The molecule has 31 heavy (non-hydrogen) atoms. The number of nitro groups is 1. The largest absolute Gasteiger partial charge is 0.423 e. The number of non-ortho nitro benzene ring substituents is 1. The van der Waals surface area contributed by atoms with Crippen molar-refractivity contribution in [3.63, 3.8) is 0 Å². The van der Waals surface area contributed by atoms with Crippen molar-refractivity contribution in [1.82, 2.24) is 0 Å². The number of carbonyl (C=O) groups is 1. The van der Waals surface area contributed by atoms with Crippen molar-refractivity contribution in [2.24, 2.45) is 0 Å². The monoisotopic (exact) mass is 419 g/mol. The highest BCUT2D eigenvalue weighted by Gasteiger charge is 2.12. The number of amides is 1. The standard InChI is InChI=1S/C22H14FN3O5/c23-14-3-1-2-13(10-14)22(28)25-16-6-4-15(5-7-16)24-19-12-21(27)31-20-9-8-17(26(29)30)11-18(19)20/h1-12,24H,(H,25,28). The molecular weight excluding hydrogens is 405 g/mol. The van der Waals surface area contributed by atoms with E-state index in [9.17, 15) is 24.1 Å². The molecule has 0 unspecified atom stereocenters. The lowest BCUT2D eigenvalue weighted by atomic mass is 10.1. The van der Waals surface area contributed by atoms with Gasteiger partial charge in [0.05, 0.1) is 10.6 Å². The van der Waals surface area contributed by atoms with Gasteiger partial charge in [0.15, 0.2) is 0 Å². The van der Waals surface area contributed by atoms with Crippen molar-refractivity contribution in [2.45, 2.75) is 0 Å². The fourth-order valence-electron chi connectivity index (χ4n) is 2.99. The second-order valence-corrected chi connectivity index (χ2v) is 6.58. The molecule has 0 saturated carbocycles. The summed E-state index contributed by atoms with van der Waals surface area (Å²) in [7, 11) is 0. The fourth-order valence-corrected chi connectivity index (χ4v) is 2.99. The molecule has 0 fully saturated rings. The van der Waals surface area contributed by atoms with Crippen LogP contribution in [0.5, 0.6) is 0 Å². The molecule has 4 aromatic rings. The van der Waals surface area contributed by atoms with Crippen molar-refractivity contribution in [2.75, 3.05) is 10.6 Å². The molecule has 0 saturated heterocycles. The zero-order chi connectivity index (χ0) is 22.0. The van der Waals surface area contributed by atoms with Crippen LogP contribution in [0.15, 0.2) is 82.0 Å². The molecule has 0 bridgehead atoms. The first kappa shape index (κ1) is 19.8. The number of nitrogens with one attached hydrogen (secondary N) is 2. The van der Waals surface area contributed by atoms with E-state index in [1.165, 1.54) is 42.5 Å². The van der Waals surface area contributed by atoms with E-state index in [2.05, 4.69) is 10.6 Å². The van der Waals surface area contributed by atoms with Crippen LogP contribution in [0, 0.1) is 15.9 Å². The van der Waals surface area contributed by atoms with Gasteiger partial charge in [-0.2, -0.15) is 0 Å². The normalized spacial score (nSPS) is 10.6. The minimum absolute atomic E-state index is 0.139. The van der Waals surface area contributed by atoms with Gasteiger partial charge in [0, 0.05) is 40.5 Å². The second-order valence-electron chi connectivity index (χ2n) is 6.58. The maximum absolute atomic E-state index is 13.3. The van der Waals surface area contributed by atoms with E-state index in [-0.39, 0.29) is 16.8 Å². The number of hydrogen-bond donors (Lipinski definition) is 2. The van der Waals surface area contributed by atoms with Gasteiger partial charge in [-0.1, -0.05) is 6.07 Å². The van der Waals surface area contributed by atoms with E-state index in [0.29, 0.717) is 22.4 Å². The maximum atomic E-state index is 13.3. The van der Waals surface area contributed by atoms with Crippen LogP contribution in [0.4, 0.5) is 27.1 Å². The van der Waals surface area contributed by atoms with Crippen molar-refractivity contribution >= 4 is 39.6 Å². The minimum Gasteiger partial charge on any atom is -0.423 e. The number of hydrogen-bond acceptors (Lipinski definition) is 6. The van der Waals surface area contributed by atoms with Crippen LogP contribution in [0.25, 0.3) is 11.0 Å². The van der Waals surface area contributed by atoms with E-state index in [1.54, 1.807) is 24.3 Å². The molecule has 1 aromatic heterocycles. The summed E-state index contributed by atoms with van der Waals surface area (Å²) in [5.41, 5.74) is 1.04. The molecule has 3 aromatic carbocycles. The Labute approximate surface area is 174 Å². The summed E-state index contributed by atoms with van der Waals surface area (Å²) in [4.78, 5) is 34.6. The number of nitro benzene ring substituents is 1. The molecule has 2 N–H and O–H groups in total. The van der Waals surface area contributed by atoms with E-state index in [1.807, 2.05) is 0 Å². The second kappa shape index (κ2) is 8.07. The Bertz CT molecular complexity index is 1370. The zero-order valence-electron chi connectivity index (χ0n) is 15.8. The molecule has 154 valence electrons. The Kier molecular flexibility index (Phi) is 5.15. The van der Waals surface area contributed by atoms with E-state index in [4.69, 9.17) is 4.42 Å². The Morgan fingerprint density at radius 3 is 2.42 bits per heavy atom. The van der Waals surface area contributed by atoms with Crippen LogP contribution in [-0.2, 0) is 0 Å². The van der Waals surface area contributed by atoms with Gasteiger partial charge in [-0.05, 0) is 48.5 Å². The van der Waals surface area contributed by atoms with Crippen LogP contribution in [0.2, 0.25) is 0 Å². The lowest BCUT2D eigenvalue weighted by molar-refractivity contribution is -0.384. The van der Waals surface area contributed by atoms with Crippen molar-refractivity contribution in [3.8, 4) is 0 Å². The van der Waals surface area contributed by atoms with Gasteiger partial charge in [-0.15, -0.1) is 0 Å². The number of fused-ring (bicyclic) bond motifs is 1. The lowest BCUT2D eigenvalue weighted by Gasteiger charge is -2.10. The van der Waals surface area contributed by atoms with Gasteiger partial charge < -0.3 is 15.1 Å². The summed E-state index contributed by atoms with van der Waals surface area (Å²) < 4.78 is 18.4. The van der Waals surface area contributed by atoms with Crippen LogP contribution in [-0.4, -0.2) is 10.8 Å². The summed E-state index contributed by atoms with van der Waals surface area (Å²) in [5.74, 6) is -0.967. The quantitative estimate of drug-likeness (QED) is 0.272. The van der Waals surface area contributed by atoms with Crippen molar-refractivity contribution in [3.05, 3.63) is 105 Å². The third-order valence-corrected chi connectivity index (χ3v) is 4.45. The average Bonchev–Trinajstić information content (AvgIpc) is 2.74. The molecule has 0 aliphatic carbocycles. The Hall–Kier alpha value is -4.53. The fraction of sp³-hybridized carbons (Fsp3) is 0. The molecule has 0 radical (unpaired) electrons. The molecule has 0 spiro atoms. The molecule has 1 heterocycles. The molecule has 0 aliphatic heterocycles. The Morgan fingerprint density at radius 1 is 0.968 bits per heavy atom. The van der Waals surface area contributed by atoms with Crippen LogP contribution >= 0.6 is 0 Å². The van der Waals surface area contributed by atoms with Gasteiger partial charge >= 0.3 is 5.63 Å². The van der Waals surface area contributed by atoms with E-state index >= 15 is 0 Å². The highest BCUT2D eigenvalue weighted by Crippen LogP contribution is 2.28. The van der Waals surface area contributed by atoms with Crippen molar-refractivity contribution in [1.29, 1.82) is 0 Å². The lowest BCUT2D eigenvalue weighted by Crippen LogP contribution is -2.12. The number of carbonyl (C=O) groups excluding carboxylic acids is 1. The number of benzene rings is 3. The molecule has 8 nitrogen and oxygen atoms in total. The first-order valence-corrected chi connectivity index (χ1v) is 9.05. The third kappa shape index (κ3) is 4.40. The number of anilines is 3. The summed E-state index contributed by atoms with van der Waals surface area (Å²) in [6.45, 7) is 0. The van der Waals surface area contributed by atoms with Gasteiger partial charge in [-0.3, -0.25) is 14.9 Å². The predicted molar refractivity (Wildman–Crippen MR) is 113 cm³/mol.